The van der Waals surface area contributed by atoms with Crippen LogP contribution in [0.3, 0.4) is 0 Å². The molecule has 0 bridgehead atoms. The maximum absolute atomic E-state index is 2.45. The maximum Gasteiger partial charge on any atom is 0.0536 e. The standard InChI is InChI=1S/C63H50N2/c1-5-21-48(22-6-1)51-42-45-59(46-43-51)65(57-32-11-4-12-33-57)63-38-18-16-36-61(63)53-26-14-13-25-52(39-40-53)60-35-15-17-37-62(60)64(56-30-9-3-10-31-56)58-34-20-27-50(41-44-58)55-29-19-28-54(47-55)49-23-7-2-8-24-49/h1-24,27-33,35-47H,25-26,34H2/b14-13-,52-39+,53-40+. The first-order chi connectivity index (χ1) is 32.3. The fourth-order valence-corrected chi connectivity index (χ4v) is 9.00. The zero-order valence-corrected chi connectivity index (χ0v) is 36.4. The molecule has 10 rings (SSSR count). The quantitative estimate of drug-likeness (QED) is 0.120. The van der Waals surface area contributed by atoms with E-state index in [-0.39, 0.29) is 0 Å². The van der Waals surface area contributed by atoms with Crippen molar-refractivity contribution in [1.82, 2.24) is 0 Å². The SMILES string of the molecule is C1=CC(c2cccc(-c3ccccc3)c2)=CC=C(N(c2ccccc2)c2ccccc2/C2=C/C=C(/c3ccccc3N(c3ccccc3)c3ccc(-c4ccccc4)cc3)C/C=C\C2)C1. The number of para-hydroxylation sites is 4. The Morgan fingerprint density at radius 3 is 1.34 bits per heavy atom. The number of benzene rings is 8. The Kier molecular flexibility index (Phi) is 12.2. The van der Waals surface area contributed by atoms with Gasteiger partial charge in [0.15, 0.2) is 0 Å². The van der Waals surface area contributed by atoms with Crippen LogP contribution in [-0.2, 0) is 0 Å². The molecule has 8 aromatic carbocycles. The molecule has 0 heterocycles. The zero-order chi connectivity index (χ0) is 43.6. The summed E-state index contributed by atoms with van der Waals surface area (Å²) in [6.07, 6.45) is 21.0. The summed E-state index contributed by atoms with van der Waals surface area (Å²) in [6, 6.07) is 78.3. The van der Waals surface area contributed by atoms with E-state index in [0.29, 0.717) is 0 Å². The van der Waals surface area contributed by atoms with Crippen LogP contribution >= 0.6 is 0 Å². The second kappa shape index (κ2) is 19.5. The van der Waals surface area contributed by atoms with Crippen molar-refractivity contribution in [3.05, 3.63) is 289 Å². The van der Waals surface area contributed by atoms with Crippen LogP contribution in [0.15, 0.2) is 273 Å². The van der Waals surface area contributed by atoms with Gasteiger partial charge in [-0.05, 0) is 118 Å². The summed E-state index contributed by atoms with van der Waals surface area (Å²) in [4.78, 5) is 4.84. The molecular formula is C63H50N2. The predicted octanol–water partition coefficient (Wildman–Crippen LogP) is 17.4. The highest BCUT2D eigenvalue weighted by Gasteiger charge is 2.21. The highest BCUT2D eigenvalue weighted by atomic mass is 15.2. The Morgan fingerprint density at radius 2 is 0.738 bits per heavy atom. The fraction of sp³-hybridized carbons (Fsp3) is 0.0476. The van der Waals surface area contributed by atoms with Gasteiger partial charge in [-0.25, -0.2) is 0 Å². The highest BCUT2D eigenvalue weighted by Crippen LogP contribution is 2.43. The van der Waals surface area contributed by atoms with E-state index in [9.17, 15) is 0 Å². The van der Waals surface area contributed by atoms with Crippen LogP contribution < -0.4 is 9.80 Å². The van der Waals surface area contributed by atoms with Gasteiger partial charge in [-0.15, -0.1) is 0 Å². The van der Waals surface area contributed by atoms with E-state index < -0.39 is 0 Å². The van der Waals surface area contributed by atoms with Gasteiger partial charge in [0.25, 0.3) is 0 Å². The van der Waals surface area contributed by atoms with Crippen molar-refractivity contribution in [2.24, 2.45) is 0 Å². The molecule has 8 aromatic rings. The minimum Gasteiger partial charge on any atom is -0.313 e. The van der Waals surface area contributed by atoms with Gasteiger partial charge >= 0.3 is 0 Å². The number of hydrogen-bond acceptors (Lipinski definition) is 2. The molecule has 2 aliphatic rings. The molecule has 0 N–H and O–H groups in total. The third-order valence-corrected chi connectivity index (χ3v) is 12.2. The summed E-state index contributed by atoms with van der Waals surface area (Å²) in [6.45, 7) is 0. The first kappa shape index (κ1) is 40.8. The van der Waals surface area contributed by atoms with E-state index in [1.807, 2.05) is 0 Å². The monoisotopic (exact) mass is 834 g/mol. The Balaban J connectivity index is 1.02. The fourth-order valence-electron chi connectivity index (χ4n) is 9.00. The molecule has 0 unspecified atom stereocenters. The van der Waals surface area contributed by atoms with Crippen molar-refractivity contribution in [3.8, 4) is 22.3 Å². The van der Waals surface area contributed by atoms with Gasteiger partial charge in [-0.2, -0.15) is 0 Å². The first-order valence-corrected chi connectivity index (χ1v) is 22.6. The minimum absolute atomic E-state index is 0.786. The van der Waals surface area contributed by atoms with Crippen LogP contribution in [0.1, 0.15) is 36.0 Å². The predicted molar refractivity (Wildman–Crippen MR) is 278 cm³/mol. The molecule has 0 amide bonds. The van der Waals surface area contributed by atoms with Crippen molar-refractivity contribution >= 4 is 45.2 Å². The summed E-state index contributed by atoms with van der Waals surface area (Å²) < 4.78 is 0. The Morgan fingerprint density at radius 1 is 0.292 bits per heavy atom. The Labute approximate surface area is 384 Å². The van der Waals surface area contributed by atoms with Gasteiger partial charge in [-0.1, -0.05) is 206 Å². The molecule has 65 heavy (non-hydrogen) atoms. The van der Waals surface area contributed by atoms with Crippen LogP contribution in [0, 0.1) is 0 Å². The lowest BCUT2D eigenvalue weighted by Crippen LogP contribution is -2.17. The van der Waals surface area contributed by atoms with Crippen LogP contribution in [-0.4, -0.2) is 0 Å². The van der Waals surface area contributed by atoms with E-state index >= 15 is 0 Å². The number of anilines is 5. The second-order valence-corrected chi connectivity index (χ2v) is 16.4. The number of hydrogen-bond donors (Lipinski definition) is 0. The molecular weight excluding hydrogens is 785 g/mol. The summed E-state index contributed by atoms with van der Waals surface area (Å²) in [5.74, 6) is 0. The van der Waals surface area contributed by atoms with Gasteiger partial charge in [0, 0.05) is 40.3 Å². The summed E-state index contributed by atoms with van der Waals surface area (Å²) in [5.41, 5.74) is 19.1. The molecule has 0 atom stereocenters. The van der Waals surface area contributed by atoms with Gasteiger partial charge in [0.1, 0.15) is 0 Å². The van der Waals surface area contributed by atoms with Crippen molar-refractivity contribution in [2.45, 2.75) is 19.3 Å². The van der Waals surface area contributed by atoms with Gasteiger partial charge < -0.3 is 9.80 Å². The third kappa shape index (κ3) is 9.16. The molecule has 0 radical (unpaired) electrons. The lowest BCUT2D eigenvalue weighted by molar-refractivity contribution is 1.08. The summed E-state index contributed by atoms with van der Waals surface area (Å²) >= 11 is 0. The average molecular weight is 835 g/mol. The van der Waals surface area contributed by atoms with Gasteiger partial charge in [-0.3, -0.25) is 0 Å². The smallest absolute Gasteiger partial charge is 0.0536 e. The molecule has 0 spiro atoms. The van der Waals surface area contributed by atoms with Crippen molar-refractivity contribution in [2.75, 3.05) is 9.80 Å². The summed E-state index contributed by atoms with van der Waals surface area (Å²) in [7, 11) is 0. The molecule has 2 nitrogen and oxygen atoms in total. The van der Waals surface area contributed by atoms with Crippen LogP contribution in [0.2, 0.25) is 0 Å². The van der Waals surface area contributed by atoms with E-state index in [0.717, 1.165) is 47.7 Å². The number of nitrogens with zero attached hydrogens (tertiary/aromatic N) is 2. The molecule has 2 aliphatic carbocycles. The maximum atomic E-state index is 2.45. The zero-order valence-electron chi connectivity index (χ0n) is 36.4. The average Bonchev–Trinajstić information content (AvgIpc) is 3.63. The number of allylic oxidation sites excluding steroid dienone is 11. The normalized spacial score (nSPS) is 15.7. The van der Waals surface area contributed by atoms with E-state index in [1.54, 1.807) is 0 Å². The van der Waals surface area contributed by atoms with E-state index in [1.165, 1.54) is 61.4 Å². The third-order valence-electron chi connectivity index (χ3n) is 12.2. The topological polar surface area (TPSA) is 6.48 Å². The van der Waals surface area contributed by atoms with E-state index in [4.69, 9.17) is 0 Å². The Bertz CT molecular complexity index is 3080. The summed E-state index contributed by atoms with van der Waals surface area (Å²) in [5, 5.41) is 0. The lowest BCUT2D eigenvalue weighted by Gasteiger charge is -2.30. The van der Waals surface area contributed by atoms with E-state index in [2.05, 4.69) is 277 Å². The first-order valence-electron chi connectivity index (χ1n) is 22.6. The molecule has 312 valence electrons. The minimum atomic E-state index is 0.786. The van der Waals surface area contributed by atoms with Gasteiger partial charge in [0.05, 0.1) is 11.4 Å². The molecule has 0 aliphatic heterocycles. The van der Waals surface area contributed by atoms with Gasteiger partial charge in [0.2, 0.25) is 0 Å². The Hall–Kier alpha value is -8.20. The molecule has 0 aromatic heterocycles. The van der Waals surface area contributed by atoms with Crippen molar-refractivity contribution in [3.63, 3.8) is 0 Å². The van der Waals surface area contributed by atoms with Crippen molar-refractivity contribution in [1.29, 1.82) is 0 Å². The number of rotatable bonds is 11. The van der Waals surface area contributed by atoms with Crippen LogP contribution in [0.5, 0.6) is 0 Å². The second-order valence-electron chi connectivity index (χ2n) is 16.4. The molecule has 0 fully saturated rings. The van der Waals surface area contributed by atoms with Crippen LogP contribution in [0.25, 0.3) is 39.0 Å². The molecule has 0 saturated carbocycles. The molecule has 2 heteroatoms. The lowest BCUT2D eigenvalue weighted by atomic mass is 9.93. The van der Waals surface area contributed by atoms with Crippen LogP contribution in [0.4, 0.5) is 28.4 Å². The molecule has 0 saturated heterocycles. The van der Waals surface area contributed by atoms with Crippen molar-refractivity contribution < 1.29 is 0 Å². The largest absolute Gasteiger partial charge is 0.313 e. The highest BCUT2D eigenvalue weighted by molar-refractivity contribution is 5.90.